The Labute approximate surface area is 167 Å². The predicted molar refractivity (Wildman–Crippen MR) is 108 cm³/mol. The van der Waals surface area contributed by atoms with Crippen LogP contribution in [0.5, 0.6) is 11.5 Å². The molecule has 27 heavy (non-hydrogen) atoms. The van der Waals surface area contributed by atoms with Crippen molar-refractivity contribution in [2.75, 3.05) is 25.1 Å². The van der Waals surface area contributed by atoms with Crippen LogP contribution in [0.1, 0.15) is 19.4 Å². The molecule has 2 N–H and O–H groups in total. The van der Waals surface area contributed by atoms with Crippen molar-refractivity contribution < 1.29 is 19.1 Å². The minimum atomic E-state index is -0.705. The van der Waals surface area contributed by atoms with E-state index in [2.05, 4.69) is 26.6 Å². The van der Waals surface area contributed by atoms with Crippen LogP contribution < -0.4 is 20.1 Å². The molecular weight excluding hydrogens is 412 g/mol. The van der Waals surface area contributed by atoms with Crippen molar-refractivity contribution >= 4 is 33.4 Å². The standard InChI is InChI=1S/C20H23BrN2O4/c1-3-26-17-10-9-14(13-18(17)27-4-2)11-12-22-19(24)20(25)23-16-8-6-5-7-15(16)21/h5-10,13H,3-4,11-12H2,1-2H3,(H,22,24)(H,23,25). The number of hydrogen-bond acceptors (Lipinski definition) is 4. The number of ether oxygens (including phenoxy) is 2. The Morgan fingerprint density at radius 3 is 2.37 bits per heavy atom. The zero-order valence-corrected chi connectivity index (χ0v) is 17.0. The smallest absolute Gasteiger partial charge is 0.313 e. The van der Waals surface area contributed by atoms with E-state index in [9.17, 15) is 9.59 Å². The topological polar surface area (TPSA) is 76.7 Å². The minimum Gasteiger partial charge on any atom is -0.490 e. The van der Waals surface area contributed by atoms with Gasteiger partial charge in [-0.3, -0.25) is 9.59 Å². The fourth-order valence-electron chi connectivity index (χ4n) is 2.39. The summed E-state index contributed by atoms with van der Waals surface area (Å²) in [6, 6.07) is 12.8. The first-order valence-electron chi connectivity index (χ1n) is 8.77. The van der Waals surface area contributed by atoms with Gasteiger partial charge in [0.1, 0.15) is 0 Å². The third-order valence-corrected chi connectivity index (χ3v) is 4.33. The van der Waals surface area contributed by atoms with Crippen LogP contribution in [0, 0.1) is 0 Å². The first-order chi connectivity index (χ1) is 13.0. The van der Waals surface area contributed by atoms with Crippen molar-refractivity contribution in [1.82, 2.24) is 5.32 Å². The molecule has 144 valence electrons. The van der Waals surface area contributed by atoms with Crippen LogP contribution in [0.15, 0.2) is 46.9 Å². The summed E-state index contributed by atoms with van der Waals surface area (Å²) in [6.07, 6.45) is 0.570. The van der Waals surface area contributed by atoms with Gasteiger partial charge in [0.2, 0.25) is 0 Å². The summed E-state index contributed by atoms with van der Waals surface area (Å²) in [6.45, 7) is 5.25. The van der Waals surface area contributed by atoms with E-state index in [1.165, 1.54) is 0 Å². The highest BCUT2D eigenvalue weighted by Gasteiger charge is 2.14. The Balaban J connectivity index is 1.88. The maximum absolute atomic E-state index is 12.0. The molecule has 0 fully saturated rings. The molecule has 0 aliphatic rings. The number of halogens is 1. The minimum absolute atomic E-state index is 0.335. The zero-order chi connectivity index (χ0) is 19.6. The van der Waals surface area contributed by atoms with Gasteiger partial charge in [-0.15, -0.1) is 0 Å². The second-order valence-electron chi connectivity index (χ2n) is 5.59. The monoisotopic (exact) mass is 434 g/mol. The van der Waals surface area contributed by atoms with Crippen LogP contribution in [-0.4, -0.2) is 31.6 Å². The summed E-state index contributed by atoms with van der Waals surface area (Å²) in [4.78, 5) is 24.0. The van der Waals surface area contributed by atoms with E-state index in [4.69, 9.17) is 9.47 Å². The first-order valence-corrected chi connectivity index (χ1v) is 9.56. The van der Waals surface area contributed by atoms with Gasteiger partial charge >= 0.3 is 11.8 Å². The number of nitrogens with one attached hydrogen (secondary N) is 2. The average Bonchev–Trinajstić information content (AvgIpc) is 2.66. The molecule has 0 unspecified atom stereocenters. The largest absolute Gasteiger partial charge is 0.490 e. The molecule has 0 bridgehead atoms. The summed E-state index contributed by atoms with van der Waals surface area (Å²) in [5, 5.41) is 5.20. The lowest BCUT2D eigenvalue weighted by molar-refractivity contribution is -0.136. The molecule has 0 aliphatic carbocycles. The zero-order valence-electron chi connectivity index (χ0n) is 15.4. The molecule has 0 atom stereocenters. The maximum Gasteiger partial charge on any atom is 0.313 e. The van der Waals surface area contributed by atoms with Crippen molar-refractivity contribution in [3.63, 3.8) is 0 Å². The summed E-state index contributed by atoms with van der Waals surface area (Å²) < 4.78 is 11.8. The number of carbonyl (C=O) groups is 2. The highest BCUT2D eigenvalue weighted by atomic mass is 79.9. The fourth-order valence-corrected chi connectivity index (χ4v) is 2.78. The van der Waals surface area contributed by atoms with Crippen LogP contribution in [-0.2, 0) is 16.0 Å². The Hall–Kier alpha value is -2.54. The van der Waals surface area contributed by atoms with Crippen LogP contribution in [0.25, 0.3) is 0 Å². The molecule has 2 aromatic carbocycles. The number of rotatable bonds is 8. The Morgan fingerprint density at radius 2 is 1.67 bits per heavy atom. The van der Waals surface area contributed by atoms with E-state index in [0.717, 1.165) is 5.56 Å². The number of para-hydroxylation sites is 1. The average molecular weight is 435 g/mol. The van der Waals surface area contributed by atoms with Crippen LogP contribution in [0.3, 0.4) is 0 Å². The second-order valence-corrected chi connectivity index (χ2v) is 6.44. The Bertz CT molecular complexity index is 795. The van der Waals surface area contributed by atoms with Gasteiger partial charge in [0, 0.05) is 11.0 Å². The van der Waals surface area contributed by atoms with Gasteiger partial charge in [0.15, 0.2) is 11.5 Å². The molecule has 0 saturated heterocycles. The third kappa shape index (κ3) is 6.29. The molecule has 6 nitrogen and oxygen atoms in total. The summed E-state index contributed by atoms with van der Waals surface area (Å²) in [5.74, 6) is -0.0138. The predicted octanol–water partition coefficient (Wildman–Crippen LogP) is 3.54. The lowest BCUT2D eigenvalue weighted by Gasteiger charge is -2.12. The maximum atomic E-state index is 12.0. The van der Waals surface area contributed by atoms with Crippen molar-refractivity contribution in [3.8, 4) is 11.5 Å². The molecule has 0 spiro atoms. The van der Waals surface area contributed by atoms with E-state index in [1.807, 2.05) is 38.1 Å². The highest BCUT2D eigenvalue weighted by molar-refractivity contribution is 9.10. The molecule has 0 saturated carbocycles. The fraction of sp³-hybridized carbons (Fsp3) is 0.300. The van der Waals surface area contributed by atoms with Crippen LogP contribution >= 0.6 is 15.9 Å². The SMILES string of the molecule is CCOc1ccc(CCNC(=O)C(=O)Nc2ccccc2Br)cc1OCC. The lowest BCUT2D eigenvalue weighted by Crippen LogP contribution is -2.36. The first kappa shape index (κ1) is 20.8. The summed E-state index contributed by atoms with van der Waals surface area (Å²) in [7, 11) is 0. The quantitative estimate of drug-likeness (QED) is 0.622. The number of hydrogen-bond donors (Lipinski definition) is 2. The van der Waals surface area contributed by atoms with Crippen molar-refractivity contribution in [1.29, 1.82) is 0 Å². The molecule has 7 heteroatoms. The van der Waals surface area contributed by atoms with Gasteiger partial charge in [0.05, 0.1) is 18.9 Å². The highest BCUT2D eigenvalue weighted by Crippen LogP contribution is 2.28. The number of carbonyl (C=O) groups excluding carboxylic acids is 2. The molecule has 0 aromatic heterocycles. The van der Waals surface area contributed by atoms with Gasteiger partial charge in [-0.2, -0.15) is 0 Å². The normalized spacial score (nSPS) is 10.2. The molecule has 0 heterocycles. The van der Waals surface area contributed by atoms with E-state index < -0.39 is 11.8 Å². The van der Waals surface area contributed by atoms with E-state index >= 15 is 0 Å². The number of amides is 2. The molecule has 2 aromatic rings. The van der Waals surface area contributed by atoms with Crippen LogP contribution in [0.4, 0.5) is 5.69 Å². The van der Waals surface area contributed by atoms with E-state index in [1.54, 1.807) is 18.2 Å². The van der Waals surface area contributed by atoms with Crippen LogP contribution in [0.2, 0.25) is 0 Å². The molecular formula is C20H23BrN2O4. The third-order valence-electron chi connectivity index (χ3n) is 3.64. The van der Waals surface area contributed by atoms with Crippen molar-refractivity contribution in [2.24, 2.45) is 0 Å². The van der Waals surface area contributed by atoms with Gasteiger partial charge < -0.3 is 20.1 Å². The molecule has 2 amide bonds. The Morgan fingerprint density at radius 1 is 0.963 bits per heavy atom. The van der Waals surface area contributed by atoms with Crippen molar-refractivity contribution in [2.45, 2.75) is 20.3 Å². The van der Waals surface area contributed by atoms with Gasteiger partial charge in [-0.25, -0.2) is 0 Å². The summed E-state index contributed by atoms with van der Waals surface area (Å²) >= 11 is 3.32. The summed E-state index contributed by atoms with van der Waals surface area (Å²) in [5.41, 5.74) is 1.53. The van der Waals surface area contributed by atoms with E-state index in [-0.39, 0.29) is 0 Å². The van der Waals surface area contributed by atoms with Crippen molar-refractivity contribution in [3.05, 3.63) is 52.5 Å². The second kappa shape index (κ2) is 10.6. The number of anilines is 1. The molecule has 0 radical (unpaired) electrons. The van der Waals surface area contributed by atoms with Gasteiger partial charge in [-0.1, -0.05) is 18.2 Å². The Kier molecular flexibility index (Phi) is 8.13. The van der Waals surface area contributed by atoms with E-state index in [0.29, 0.717) is 47.8 Å². The molecule has 0 aliphatic heterocycles. The lowest BCUT2D eigenvalue weighted by atomic mass is 10.1. The number of benzene rings is 2. The van der Waals surface area contributed by atoms with Gasteiger partial charge in [0.25, 0.3) is 0 Å². The molecule has 2 rings (SSSR count). The van der Waals surface area contributed by atoms with Gasteiger partial charge in [-0.05, 0) is 66.0 Å².